The predicted octanol–water partition coefficient (Wildman–Crippen LogP) is 1.17. The van der Waals surface area contributed by atoms with Gasteiger partial charge in [-0.1, -0.05) is 38.7 Å². The highest BCUT2D eigenvalue weighted by Crippen LogP contribution is 2.36. The molecule has 1 saturated heterocycles. The summed E-state index contributed by atoms with van der Waals surface area (Å²) >= 11 is 0. The summed E-state index contributed by atoms with van der Waals surface area (Å²) in [5.74, 6) is 11.3. The molecule has 5 atom stereocenters. The summed E-state index contributed by atoms with van der Waals surface area (Å²) in [4.78, 5) is 0. The van der Waals surface area contributed by atoms with Gasteiger partial charge in [0.25, 0.3) is 0 Å². The third-order valence-electron chi connectivity index (χ3n) is 5.35. The van der Waals surface area contributed by atoms with Gasteiger partial charge in [0.2, 0.25) is 0 Å². The van der Waals surface area contributed by atoms with Crippen LogP contribution in [0.5, 0.6) is 0 Å². The van der Waals surface area contributed by atoms with E-state index in [1.807, 2.05) is 6.08 Å². The van der Waals surface area contributed by atoms with Crippen LogP contribution in [0.4, 0.5) is 0 Å². The molecule has 0 amide bonds. The molecule has 0 unspecified atom stereocenters. The van der Waals surface area contributed by atoms with E-state index in [-0.39, 0.29) is 11.6 Å². The summed E-state index contributed by atoms with van der Waals surface area (Å²) in [6.07, 6.45) is -1.52. The van der Waals surface area contributed by atoms with Crippen molar-refractivity contribution in [2.24, 2.45) is 0 Å². The van der Waals surface area contributed by atoms with Crippen molar-refractivity contribution in [3.05, 3.63) is 12.2 Å². The Bertz CT molecular complexity index is 661. The monoisotopic (exact) mass is 440 g/mol. The zero-order chi connectivity index (χ0) is 22.8. The Morgan fingerprint density at radius 2 is 1.77 bits per heavy atom. The molecule has 8 heteroatoms. The molecule has 1 rings (SSSR count). The zero-order valence-electron chi connectivity index (χ0n) is 18.6. The van der Waals surface area contributed by atoms with Gasteiger partial charge in [-0.05, 0) is 42.5 Å². The van der Waals surface area contributed by atoms with E-state index in [1.54, 1.807) is 6.08 Å². The Kier molecular flexibility index (Phi) is 11.3. The van der Waals surface area contributed by atoms with E-state index in [1.165, 1.54) is 0 Å². The van der Waals surface area contributed by atoms with Gasteiger partial charge in [-0.3, -0.25) is 0 Å². The highest BCUT2D eigenvalue weighted by atomic mass is 28.4. The van der Waals surface area contributed by atoms with Gasteiger partial charge in [-0.25, -0.2) is 0 Å². The fraction of sp³-hybridized carbons (Fsp3) is 0.727. The van der Waals surface area contributed by atoms with Crippen molar-refractivity contribution in [3.8, 4) is 23.7 Å². The van der Waals surface area contributed by atoms with Crippen LogP contribution in [0.2, 0.25) is 18.1 Å². The summed E-state index contributed by atoms with van der Waals surface area (Å²) in [6, 6.07) is 0. The molecule has 0 aromatic heterocycles. The van der Waals surface area contributed by atoms with Crippen molar-refractivity contribution in [2.75, 3.05) is 19.8 Å². The minimum atomic E-state index is -1.73. The van der Waals surface area contributed by atoms with Crippen LogP contribution in [0, 0.1) is 23.7 Å². The molecule has 0 radical (unpaired) electrons. The van der Waals surface area contributed by atoms with Crippen LogP contribution in [-0.2, 0) is 13.9 Å². The third-order valence-corrected chi connectivity index (χ3v) is 9.85. The summed E-state index contributed by atoms with van der Waals surface area (Å²) in [5.41, 5.74) is 0. The molecule has 0 spiro atoms. The van der Waals surface area contributed by atoms with Crippen LogP contribution >= 0.6 is 0 Å². The SMILES string of the molecule is CC(C)(C)[Si](C)(C)OC/C=C/C#CC#CCCCO[C@@H]1O[C@H](CO)[C@@H](O)[C@H](O)[C@H]1O. The van der Waals surface area contributed by atoms with Gasteiger partial charge in [-0.15, -0.1) is 0 Å². The van der Waals surface area contributed by atoms with Gasteiger partial charge in [-0.2, -0.15) is 0 Å². The van der Waals surface area contributed by atoms with Gasteiger partial charge in [0.15, 0.2) is 14.6 Å². The fourth-order valence-electron chi connectivity index (χ4n) is 2.33. The first kappa shape index (κ1) is 26.8. The van der Waals surface area contributed by atoms with Crippen LogP contribution in [0.1, 0.15) is 33.6 Å². The Morgan fingerprint density at radius 3 is 2.40 bits per heavy atom. The molecule has 7 nitrogen and oxygen atoms in total. The molecule has 170 valence electrons. The topological polar surface area (TPSA) is 109 Å². The van der Waals surface area contributed by atoms with E-state index in [0.29, 0.717) is 19.4 Å². The van der Waals surface area contributed by atoms with Crippen LogP contribution < -0.4 is 0 Å². The Labute approximate surface area is 181 Å². The quantitative estimate of drug-likeness (QED) is 0.255. The summed E-state index contributed by atoms with van der Waals surface area (Å²) in [5, 5.41) is 38.6. The fourth-order valence-corrected chi connectivity index (χ4v) is 3.28. The number of aliphatic hydroxyl groups is 4. The number of aliphatic hydroxyl groups excluding tert-OH is 4. The molecule has 0 aliphatic carbocycles. The molecule has 1 aliphatic rings. The molecule has 1 heterocycles. The molecule has 0 bridgehead atoms. The molecule has 30 heavy (non-hydrogen) atoms. The molecule has 1 aliphatic heterocycles. The minimum Gasteiger partial charge on any atom is -0.413 e. The number of allylic oxidation sites excluding steroid dienone is 1. The van der Waals surface area contributed by atoms with E-state index < -0.39 is 45.6 Å². The lowest BCUT2D eigenvalue weighted by molar-refractivity contribution is -0.301. The smallest absolute Gasteiger partial charge is 0.192 e. The Hall–Kier alpha value is -1.20. The van der Waals surface area contributed by atoms with E-state index in [9.17, 15) is 15.3 Å². The number of hydrogen-bond acceptors (Lipinski definition) is 7. The van der Waals surface area contributed by atoms with Crippen molar-refractivity contribution in [2.45, 2.75) is 82.5 Å². The Morgan fingerprint density at radius 1 is 1.07 bits per heavy atom. The van der Waals surface area contributed by atoms with Crippen LogP contribution in [0.3, 0.4) is 0 Å². The van der Waals surface area contributed by atoms with Crippen molar-refractivity contribution in [3.63, 3.8) is 0 Å². The molecular formula is C22H36O7Si. The van der Waals surface area contributed by atoms with E-state index in [4.69, 9.17) is 19.0 Å². The number of unbranched alkanes of at least 4 members (excludes halogenated alkanes) is 1. The Balaban J connectivity index is 2.25. The molecule has 1 fully saturated rings. The minimum absolute atomic E-state index is 0.185. The number of rotatable bonds is 8. The largest absolute Gasteiger partial charge is 0.413 e. The van der Waals surface area contributed by atoms with Crippen molar-refractivity contribution in [1.29, 1.82) is 0 Å². The molecular weight excluding hydrogens is 404 g/mol. The van der Waals surface area contributed by atoms with E-state index in [2.05, 4.69) is 57.5 Å². The van der Waals surface area contributed by atoms with E-state index >= 15 is 0 Å². The highest BCUT2D eigenvalue weighted by Gasteiger charge is 2.43. The van der Waals surface area contributed by atoms with Crippen molar-refractivity contribution >= 4 is 8.32 Å². The highest BCUT2D eigenvalue weighted by molar-refractivity contribution is 6.74. The average molecular weight is 441 g/mol. The second-order valence-corrected chi connectivity index (χ2v) is 13.5. The maximum atomic E-state index is 9.87. The van der Waals surface area contributed by atoms with Crippen molar-refractivity contribution in [1.82, 2.24) is 0 Å². The average Bonchev–Trinajstić information content (AvgIpc) is 2.67. The van der Waals surface area contributed by atoms with Gasteiger partial charge < -0.3 is 34.3 Å². The van der Waals surface area contributed by atoms with Gasteiger partial charge in [0, 0.05) is 6.42 Å². The third kappa shape index (κ3) is 8.50. The molecule has 0 aromatic rings. The predicted molar refractivity (Wildman–Crippen MR) is 117 cm³/mol. The van der Waals surface area contributed by atoms with Crippen molar-refractivity contribution < 1.29 is 34.3 Å². The first-order valence-corrected chi connectivity index (χ1v) is 13.1. The summed E-state index contributed by atoms with van der Waals surface area (Å²) < 4.78 is 16.7. The van der Waals surface area contributed by atoms with Gasteiger partial charge in [0.05, 0.1) is 19.8 Å². The van der Waals surface area contributed by atoms with E-state index in [0.717, 1.165) is 0 Å². The van der Waals surface area contributed by atoms with Gasteiger partial charge in [0.1, 0.15) is 24.4 Å². The standard InChI is InChI=1S/C22H36O7Si/c1-22(2,3)30(4,5)28-15-13-11-9-7-6-8-10-12-14-27-21-20(26)19(25)18(24)17(16-23)29-21/h11,13,17-21,23-26H,10,12,14-16H2,1-5H3/b13-11+/t17-,18-,19+,20-,21-/m1/s1. The normalized spacial score (nSPS) is 27.3. The lowest BCUT2D eigenvalue weighted by atomic mass is 9.99. The zero-order valence-corrected chi connectivity index (χ0v) is 19.6. The summed E-state index contributed by atoms with van der Waals surface area (Å²) in [7, 11) is -1.73. The van der Waals surface area contributed by atoms with Crippen LogP contribution in [0.15, 0.2) is 12.2 Å². The first-order chi connectivity index (χ1) is 14.0. The maximum Gasteiger partial charge on any atom is 0.192 e. The second kappa shape index (κ2) is 12.6. The molecule has 0 saturated carbocycles. The number of hydrogen-bond donors (Lipinski definition) is 4. The first-order valence-electron chi connectivity index (χ1n) is 10.2. The summed E-state index contributed by atoms with van der Waals surface area (Å²) in [6.45, 7) is 11.3. The maximum absolute atomic E-state index is 9.87. The number of ether oxygens (including phenoxy) is 2. The van der Waals surface area contributed by atoms with Crippen LogP contribution in [0.25, 0.3) is 0 Å². The molecule has 4 N–H and O–H groups in total. The molecule has 0 aromatic carbocycles. The second-order valence-electron chi connectivity index (χ2n) is 8.72. The lowest BCUT2D eigenvalue weighted by Crippen LogP contribution is -2.59. The van der Waals surface area contributed by atoms with Gasteiger partial charge >= 0.3 is 0 Å². The van der Waals surface area contributed by atoms with Crippen LogP contribution in [-0.4, -0.2) is 79.3 Å². The lowest BCUT2D eigenvalue weighted by Gasteiger charge is -2.39.